The minimum Gasteiger partial charge on any atom is -0.421 e. The molecule has 0 atom stereocenters. The Morgan fingerprint density at radius 2 is 1.93 bits per heavy atom. The summed E-state index contributed by atoms with van der Waals surface area (Å²) in [5.41, 5.74) is 5.57. The maximum atomic E-state index is 12.8. The summed E-state index contributed by atoms with van der Waals surface area (Å²) in [6, 6.07) is 14.2. The Labute approximate surface area is 159 Å². The number of para-hydroxylation sites is 1. The van der Waals surface area contributed by atoms with Crippen molar-refractivity contribution < 1.29 is 9.21 Å². The van der Waals surface area contributed by atoms with Gasteiger partial charge in [0.2, 0.25) is 17.7 Å². The highest BCUT2D eigenvalue weighted by molar-refractivity contribution is 5.95. The van der Waals surface area contributed by atoms with Gasteiger partial charge in [0.15, 0.2) is 0 Å². The van der Waals surface area contributed by atoms with Crippen LogP contribution in [0.5, 0.6) is 0 Å². The molecule has 4 rings (SSSR count). The number of benzene rings is 2. The van der Waals surface area contributed by atoms with Crippen LogP contribution < -0.4 is 4.90 Å². The Morgan fingerprint density at radius 3 is 2.74 bits per heavy atom. The minimum atomic E-state index is 0.111. The molecule has 0 saturated heterocycles. The molecule has 1 aliphatic rings. The SMILES string of the molecule is Cc1ccc(-c2nnc(CCC(=O)N3CCCc4cccc(C)c43)o2)cc1. The molecular weight excluding hydrogens is 338 g/mol. The van der Waals surface area contributed by atoms with Gasteiger partial charge in [0.1, 0.15) is 0 Å². The quantitative estimate of drug-likeness (QED) is 0.696. The lowest BCUT2D eigenvalue weighted by Gasteiger charge is -2.31. The lowest BCUT2D eigenvalue weighted by atomic mass is 9.98. The van der Waals surface area contributed by atoms with Gasteiger partial charge in [0.05, 0.1) is 0 Å². The number of anilines is 1. The van der Waals surface area contributed by atoms with E-state index in [4.69, 9.17) is 4.42 Å². The van der Waals surface area contributed by atoms with E-state index in [1.54, 1.807) is 0 Å². The third kappa shape index (κ3) is 3.63. The molecule has 0 fully saturated rings. The fourth-order valence-electron chi connectivity index (χ4n) is 3.61. The summed E-state index contributed by atoms with van der Waals surface area (Å²) in [7, 11) is 0. The monoisotopic (exact) mass is 361 g/mol. The van der Waals surface area contributed by atoms with Gasteiger partial charge >= 0.3 is 0 Å². The van der Waals surface area contributed by atoms with E-state index in [1.807, 2.05) is 36.1 Å². The van der Waals surface area contributed by atoms with Gasteiger partial charge in [0.25, 0.3) is 0 Å². The third-order valence-corrected chi connectivity index (χ3v) is 5.04. The molecule has 5 nitrogen and oxygen atoms in total. The number of carbonyl (C=O) groups excluding carboxylic acids is 1. The molecule has 0 bridgehead atoms. The molecule has 1 aromatic heterocycles. The number of amides is 1. The van der Waals surface area contributed by atoms with E-state index in [0.29, 0.717) is 24.6 Å². The van der Waals surface area contributed by atoms with Crippen molar-refractivity contribution in [3.63, 3.8) is 0 Å². The summed E-state index contributed by atoms with van der Waals surface area (Å²) >= 11 is 0. The van der Waals surface area contributed by atoms with Crippen molar-refractivity contribution in [2.45, 2.75) is 39.5 Å². The largest absolute Gasteiger partial charge is 0.421 e. The Kier molecular flexibility index (Phi) is 4.75. The van der Waals surface area contributed by atoms with E-state index < -0.39 is 0 Å². The third-order valence-electron chi connectivity index (χ3n) is 5.04. The van der Waals surface area contributed by atoms with E-state index in [9.17, 15) is 4.79 Å². The number of aromatic nitrogens is 2. The molecule has 0 radical (unpaired) electrons. The van der Waals surface area contributed by atoms with Crippen LogP contribution in [-0.4, -0.2) is 22.6 Å². The second-order valence-electron chi connectivity index (χ2n) is 7.10. The van der Waals surface area contributed by atoms with Crippen molar-refractivity contribution in [1.29, 1.82) is 0 Å². The predicted octanol–water partition coefficient (Wildman–Crippen LogP) is 4.27. The van der Waals surface area contributed by atoms with Gasteiger partial charge in [-0.1, -0.05) is 35.9 Å². The van der Waals surface area contributed by atoms with Gasteiger partial charge < -0.3 is 9.32 Å². The summed E-state index contributed by atoms with van der Waals surface area (Å²) in [5.74, 6) is 1.11. The van der Waals surface area contributed by atoms with E-state index in [1.165, 1.54) is 11.1 Å². The molecule has 5 heteroatoms. The first-order valence-corrected chi connectivity index (χ1v) is 9.40. The van der Waals surface area contributed by atoms with E-state index in [-0.39, 0.29) is 5.91 Å². The van der Waals surface area contributed by atoms with Gasteiger partial charge in [-0.2, -0.15) is 0 Å². The van der Waals surface area contributed by atoms with Gasteiger partial charge in [0, 0.05) is 30.6 Å². The molecule has 0 spiro atoms. The van der Waals surface area contributed by atoms with Crippen LogP contribution in [0.25, 0.3) is 11.5 Å². The average Bonchev–Trinajstić information content (AvgIpc) is 3.15. The highest BCUT2D eigenvalue weighted by Gasteiger charge is 2.24. The van der Waals surface area contributed by atoms with Crippen LogP contribution in [0.4, 0.5) is 5.69 Å². The van der Waals surface area contributed by atoms with E-state index in [0.717, 1.165) is 36.2 Å². The van der Waals surface area contributed by atoms with Crippen LogP contribution in [-0.2, 0) is 17.6 Å². The molecule has 0 N–H and O–H groups in total. The standard InChI is InChI=1S/C22H23N3O2/c1-15-8-10-18(11-9-15)22-24-23-19(27-22)12-13-20(26)25-14-4-7-17-6-3-5-16(2)21(17)25/h3,5-6,8-11H,4,7,12-14H2,1-2H3. The lowest BCUT2D eigenvalue weighted by molar-refractivity contribution is -0.118. The molecule has 0 saturated carbocycles. The fraction of sp³-hybridized carbons (Fsp3) is 0.318. The minimum absolute atomic E-state index is 0.111. The fourth-order valence-corrected chi connectivity index (χ4v) is 3.61. The maximum absolute atomic E-state index is 12.8. The van der Waals surface area contributed by atoms with Gasteiger partial charge in [-0.05, 0) is 49.9 Å². The Hall–Kier alpha value is -2.95. The van der Waals surface area contributed by atoms with Crippen LogP contribution in [0, 0.1) is 13.8 Å². The van der Waals surface area contributed by atoms with Crippen LogP contribution in [0.3, 0.4) is 0 Å². The molecule has 27 heavy (non-hydrogen) atoms. The molecule has 2 heterocycles. The first-order valence-electron chi connectivity index (χ1n) is 9.40. The Bertz CT molecular complexity index is 960. The number of rotatable bonds is 4. The molecule has 138 valence electrons. The second-order valence-corrected chi connectivity index (χ2v) is 7.10. The zero-order chi connectivity index (χ0) is 18.8. The van der Waals surface area contributed by atoms with Crippen LogP contribution >= 0.6 is 0 Å². The Morgan fingerprint density at radius 1 is 1.11 bits per heavy atom. The highest BCUT2D eigenvalue weighted by atomic mass is 16.4. The highest BCUT2D eigenvalue weighted by Crippen LogP contribution is 2.31. The summed E-state index contributed by atoms with van der Waals surface area (Å²) < 4.78 is 5.75. The number of hydrogen-bond acceptors (Lipinski definition) is 4. The maximum Gasteiger partial charge on any atom is 0.247 e. The van der Waals surface area contributed by atoms with Crippen molar-refractivity contribution in [1.82, 2.24) is 10.2 Å². The lowest BCUT2D eigenvalue weighted by Crippen LogP contribution is -2.36. The average molecular weight is 361 g/mol. The first kappa shape index (κ1) is 17.5. The topological polar surface area (TPSA) is 59.2 Å². The molecule has 1 amide bonds. The second kappa shape index (κ2) is 7.35. The Balaban J connectivity index is 1.44. The number of hydrogen-bond donors (Lipinski definition) is 0. The van der Waals surface area contributed by atoms with Crippen molar-refractivity contribution in [2.24, 2.45) is 0 Å². The zero-order valence-electron chi connectivity index (χ0n) is 15.7. The molecule has 0 aliphatic carbocycles. The number of fused-ring (bicyclic) bond motifs is 1. The van der Waals surface area contributed by atoms with E-state index in [2.05, 4.69) is 35.3 Å². The van der Waals surface area contributed by atoms with Crippen LogP contribution in [0.1, 0.15) is 35.4 Å². The molecule has 1 aliphatic heterocycles. The van der Waals surface area contributed by atoms with Crippen molar-refractivity contribution in [3.05, 3.63) is 65.0 Å². The summed E-state index contributed by atoms with van der Waals surface area (Å²) in [5, 5.41) is 8.22. The van der Waals surface area contributed by atoms with E-state index >= 15 is 0 Å². The number of nitrogens with zero attached hydrogens (tertiary/aromatic N) is 3. The number of aryl methyl sites for hydroxylation is 4. The van der Waals surface area contributed by atoms with Crippen molar-refractivity contribution in [2.75, 3.05) is 11.4 Å². The summed E-state index contributed by atoms with van der Waals surface area (Å²) in [6.07, 6.45) is 2.85. The van der Waals surface area contributed by atoms with Crippen molar-refractivity contribution >= 4 is 11.6 Å². The first-order chi connectivity index (χ1) is 13.1. The normalized spacial score (nSPS) is 13.5. The smallest absolute Gasteiger partial charge is 0.247 e. The summed E-state index contributed by atoms with van der Waals surface area (Å²) in [6.45, 7) is 4.88. The van der Waals surface area contributed by atoms with Crippen molar-refractivity contribution in [3.8, 4) is 11.5 Å². The predicted molar refractivity (Wildman–Crippen MR) is 105 cm³/mol. The van der Waals surface area contributed by atoms with Gasteiger partial charge in [-0.25, -0.2) is 0 Å². The molecule has 2 aromatic carbocycles. The number of carbonyl (C=O) groups is 1. The molecule has 0 unspecified atom stereocenters. The van der Waals surface area contributed by atoms with Crippen LogP contribution in [0.2, 0.25) is 0 Å². The molecule has 3 aromatic rings. The van der Waals surface area contributed by atoms with Gasteiger partial charge in [-0.3, -0.25) is 4.79 Å². The zero-order valence-corrected chi connectivity index (χ0v) is 15.7. The van der Waals surface area contributed by atoms with Gasteiger partial charge in [-0.15, -0.1) is 10.2 Å². The van der Waals surface area contributed by atoms with Crippen LogP contribution in [0.15, 0.2) is 46.9 Å². The summed E-state index contributed by atoms with van der Waals surface area (Å²) in [4.78, 5) is 14.8. The molecular formula is C22H23N3O2.